The maximum atomic E-state index is 13.4. The molecule has 14 heteroatoms. The molecule has 0 spiro atoms. The number of hydrogen-bond acceptors (Lipinski definition) is 10. The summed E-state index contributed by atoms with van der Waals surface area (Å²) in [6.07, 6.45) is -14.1. The lowest BCUT2D eigenvalue weighted by Gasteiger charge is -2.25. The Labute approximate surface area is 251 Å². The molecule has 44 heavy (non-hydrogen) atoms. The first-order chi connectivity index (χ1) is 20.5. The van der Waals surface area contributed by atoms with Gasteiger partial charge in [-0.1, -0.05) is 19.9 Å². The maximum absolute atomic E-state index is 13.4. The fourth-order valence-electron chi connectivity index (χ4n) is 4.03. The van der Waals surface area contributed by atoms with Crippen molar-refractivity contribution < 1.29 is 68.0 Å². The Morgan fingerprint density at radius 1 is 0.614 bits per heavy atom. The Hall–Kier alpha value is -2.82. The van der Waals surface area contributed by atoms with Gasteiger partial charge in [-0.3, -0.25) is 9.59 Å². The van der Waals surface area contributed by atoms with E-state index in [9.17, 15) is 68.0 Å². The molecular weight excluding hydrogens is 596 g/mol. The summed E-state index contributed by atoms with van der Waals surface area (Å²) in [5.74, 6) is -4.82. The maximum Gasteiger partial charge on any atom is 0.164 e. The number of aryl methyl sites for hydroxylation is 1. The smallest absolute Gasteiger partial charge is 0.164 e. The van der Waals surface area contributed by atoms with Gasteiger partial charge in [0.2, 0.25) is 0 Å². The van der Waals surface area contributed by atoms with Crippen LogP contribution in [0.1, 0.15) is 50.7 Å². The first-order valence-electron chi connectivity index (χ1n) is 13.9. The molecule has 2 aromatic rings. The van der Waals surface area contributed by atoms with Gasteiger partial charge in [0.25, 0.3) is 0 Å². The molecule has 0 saturated carbocycles. The van der Waals surface area contributed by atoms with E-state index in [0.717, 1.165) is 24.3 Å². The molecule has 8 N–H and O–H groups in total. The van der Waals surface area contributed by atoms with Crippen LogP contribution in [0, 0.1) is 23.3 Å². The molecule has 0 aliphatic rings. The Balaban J connectivity index is 0.000000440. The zero-order valence-corrected chi connectivity index (χ0v) is 24.2. The van der Waals surface area contributed by atoms with Gasteiger partial charge in [0, 0.05) is 24.5 Å². The predicted octanol–water partition coefficient (Wildman–Crippen LogP) is 0.640. The predicted molar refractivity (Wildman–Crippen MR) is 148 cm³/mol. The van der Waals surface area contributed by atoms with Gasteiger partial charge in [-0.2, -0.15) is 0 Å². The second-order valence-corrected chi connectivity index (χ2v) is 10.2. The molecule has 0 aliphatic carbocycles. The molecule has 248 valence electrons. The number of aliphatic hydroxyl groups excluding tert-OH is 8. The van der Waals surface area contributed by atoms with Gasteiger partial charge in [0.1, 0.15) is 59.9 Å². The van der Waals surface area contributed by atoms with E-state index in [0.29, 0.717) is 6.07 Å². The summed E-state index contributed by atoms with van der Waals surface area (Å²) in [4.78, 5) is 23.5. The van der Waals surface area contributed by atoms with Crippen molar-refractivity contribution in [3.05, 3.63) is 70.8 Å². The highest BCUT2D eigenvalue weighted by Crippen LogP contribution is 2.17. The number of aliphatic hydroxyl groups is 8. The number of ketones is 2. The third-order valence-corrected chi connectivity index (χ3v) is 6.90. The van der Waals surface area contributed by atoms with Crippen molar-refractivity contribution >= 4 is 11.6 Å². The molecular formula is C30H40F4O10. The van der Waals surface area contributed by atoms with Crippen molar-refractivity contribution in [2.45, 2.75) is 101 Å². The minimum absolute atomic E-state index is 0.0241. The second-order valence-electron chi connectivity index (χ2n) is 10.2. The van der Waals surface area contributed by atoms with Crippen LogP contribution in [0.2, 0.25) is 0 Å². The summed E-state index contributed by atoms with van der Waals surface area (Å²) in [6.45, 7) is 3.11. The summed E-state index contributed by atoms with van der Waals surface area (Å²) >= 11 is 0. The Bertz CT molecular complexity index is 1160. The third-order valence-electron chi connectivity index (χ3n) is 6.90. The van der Waals surface area contributed by atoms with E-state index in [4.69, 9.17) is 0 Å². The van der Waals surface area contributed by atoms with E-state index in [-0.39, 0.29) is 43.2 Å². The van der Waals surface area contributed by atoms with Gasteiger partial charge in [-0.15, -0.1) is 0 Å². The third kappa shape index (κ3) is 11.9. The van der Waals surface area contributed by atoms with Crippen molar-refractivity contribution in [3.8, 4) is 0 Å². The van der Waals surface area contributed by atoms with Crippen LogP contribution in [0.15, 0.2) is 36.4 Å². The number of halogens is 4. The normalized spacial score (nSPS) is 16.9. The van der Waals surface area contributed by atoms with Crippen molar-refractivity contribution in [2.75, 3.05) is 0 Å². The zero-order valence-electron chi connectivity index (χ0n) is 24.2. The lowest BCUT2D eigenvalue weighted by molar-refractivity contribution is -0.145. The number of carbonyl (C=O) groups is 2. The average Bonchev–Trinajstić information content (AvgIpc) is 2.99. The van der Waals surface area contributed by atoms with Crippen LogP contribution in [0.4, 0.5) is 17.6 Å². The van der Waals surface area contributed by atoms with E-state index in [1.54, 1.807) is 13.8 Å². The molecule has 0 unspecified atom stereocenters. The number of hydrogen-bond donors (Lipinski definition) is 8. The van der Waals surface area contributed by atoms with Crippen molar-refractivity contribution in [1.29, 1.82) is 0 Å². The Morgan fingerprint density at radius 2 is 1.00 bits per heavy atom. The minimum atomic E-state index is -1.94. The summed E-state index contributed by atoms with van der Waals surface area (Å²) in [5, 5.41) is 76.5. The molecule has 0 fully saturated rings. The van der Waals surface area contributed by atoms with Crippen LogP contribution in [0.25, 0.3) is 0 Å². The van der Waals surface area contributed by atoms with Crippen molar-refractivity contribution in [1.82, 2.24) is 0 Å². The van der Waals surface area contributed by atoms with E-state index < -0.39 is 90.1 Å². The number of carbonyl (C=O) groups excluding carboxylic acids is 2. The van der Waals surface area contributed by atoms with Crippen LogP contribution >= 0.6 is 0 Å². The standard InChI is InChI=1S/2C15H20F2O5/c1-2-11(18)13(20)15(22)14(21)12(19)4-3-8-5-9(16)7-10(17)6-8;1-2-11(18)13(20)15(22)14(21)12(19)7-6-8-9(16)4-3-5-10(8)17/h5-7,11,13-15,18,20-22H,2-4H2,1H3;3-5,11,13-15,18,20-22H,2,6-7H2,1H3/t2*11-,13-,14+,15+/m11/s1. The van der Waals surface area contributed by atoms with Gasteiger partial charge in [0.15, 0.2) is 11.6 Å². The highest BCUT2D eigenvalue weighted by atomic mass is 19.1. The fraction of sp³-hybridized carbons (Fsp3) is 0.533. The Morgan fingerprint density at radius 3 is 1.39 bits per heavy atom. The first-order valence-corrected chi connectivity index (χ1v) is 13.9. The summed E-state index contributed by atoms with van der Waals surface area (Å²) < 4.78 is 52.8. The molecule has 10 nitrogen and oxygen atoms in total. The van der Waals surface area contributed by atoms with E-state index >= 15 is 0 Å². The SMILES string of the molecule is CC[C@@H](O)[C@@H](O)[C@H](O)[C@@H](O)C(=O)CCc1c(F)cccc1F.CC[C@@H](O)[C@@H](O)[C@H](O)[C@@H](O)C(=O)CCc1cc(F)cc(F)c1. The van der Waals surface area contributed by atoms with E-state index in [1.807, 2.05) is 0 Å². The molecule has 2 rings (SSSR count). The quantitative estimate of drug-likeness (QED) is 0.121. The number of benzene rings is 2. The molecule has 0 bridgehead atoms. The molecule has 0 radical (unpaired) electrons. The lowest BCUT2D eigenvalue weighted by Crippen LogP contribution is -2.47. The van der Waals surface area contributed by atoms with Gasteiger partial charge < -0.3 is 40.9 Å². The fourth-order valence-corrected chi connectivity index (χ4v) is 4.03. The Kier molecular flexibility index (Phi) is 16.8. The summed E-state index contributed by atoms with van der Waals surface area (Å²) in [6, 6.07) is 6.12. The monoisotopic (exact) mass is 636 g/mol. The first kappa shape index (κ1) is 39.2. The molecule has 8 atom stereocenters. The van der Waals surface area contributed by atoms with Crippen molar-refractivity contribution in [3.63, 3.8) is 0 Å². The molecule has 0 amide bonds. The highest BCUT2D eigenvalue weighted by molar-refractivity contribution is 5.84. The summed E-state index contributed by atoms with van der Waals surface area (Å²) in [7, 11) is 0. The van der Waals surface area contributed by atoms with Gasteiger partial charge in [-0.05, 0) is 55.5 Å². The van der Waals surface area contributed by atoms with Crippen LogP contribution in [-0.4, -0.2) is 101 Å². The van der Waals surface area contributed by atoms with E-state index in [2.05, 4.69) is 0 Å². The minimum Gasteiger partial charge on any atom is -0.390 e. The van der Waals surface area contributed by atoms with Crippen LogP contribution in [-0.2, 0) is 22.4 Å². The molecule has 0 aliphatic heterocycles. The van der Waals surface area contributed by atoms with Crippen LogP contribution in [0.3, 0.4) is 0 Å². The molecule has 0 heterocycles. The average molecular weight is 637 g/mol. The van der Waals surface area contributed by atoms with Gasteiger partial charge in [-0.25, -0.2) is 17.6 Å². The largest absolute Gasteiger partial charge is 0.390 e. The van der Waals surface area contributed by atoms with Crippen molar-refractivity contribution in [2.24, 2.45) is 0 Å². The van der Waals surface area contributed by atoms with Gasteiger partial charge in [0.05, 0.1) is 12.2 Å². The highest BCUT2D eigenvalue weighted by Gasteiger charge is 2.34. The van der Waals surface area contributed by atoms with Crippen LogP contribution in [0.5, 0.6) is 0 Å². The van der Waals surface area contributed by atoms with E-state index in [1.165, 1.54) is 6.07 Å². The lowest BCUT2D eigenvalue weighted by atomic mass is 9.96. The molecule has 0 aromatic heterocycles. The molecule has 2 aromatic carbocycles. The van der Waals surface area contributed by atoms with Gasteiger partial charge >= 0.3 is 0 Å². The second kappa shape index (κ2) is 18.9. The molecule has 0 saturated heterocycles. The zero-order chi connectivity index (χ0) is 33.7. The number of Topliss-reactive ketones (excluding diaryl/α,β-unsaturated/α-hetero) is 2. The van der Waals surface area contributed by atoms with Crippen LogP contribution < -0.4 is 0 Å². The number of rotatable bonds is 16. The topological polar surface area (TPSA) is 196 Å². The summed E-state index contributed by atoms with van der Waals surface area (Å²) in [5.41, 5.74) is -0.0478.